The normalized spacial score (nSPS) is 11.3. The van der Waals surface area contributed by atoms with Crippen LogP contribution in [0.4, 0.5) is 0 Å². The first-order chi connectivity index (χ1) is 9.11. The Kier molecular flexibility index (Phi) is 2.68. The molecule has 0 bridgehead atoms. The monoisotopic (exact) mass is 274 g/mol. The molecule has 0 saturated heterocycles. The number of rotatable bonds is 2. The number of aromatic carboxylic acids is 1. The largest absolute Gasteiger partial charge is 0.477 e. The molecule has 0 saturated carbocycles. The smallest absolute Gasteiger partial charge is 0.354 e. The number of fused-ring (bicyclic) bond motifs is 3. The van der Waals surface area contributed by atoms with Crippen molar-refractivity contribution in [2.75, 3.05) is 0 Å². The van der Waals surface area contributed by atoms with E-state index in [4.69, 9.17) is 11.6 Å². The van der Waals surface area contributed by atoms with Gasteiger partial charge >= 0.3 is 5.97 Å². The van der Waals surface area contributed by atoms with Crippen molar-refractivity contribution < 1.29 is 9.90 Å². The van der Waals surface area contributed by atoms with Gasteiger partial charge in [-0.25, -0.2) is 9.78 Å². The summed E-state index contributed by atoms with van der Waals surface area (Å²) in [5.74, 6) is -1.00. The maximum absolute atomic E-state index is 11.3. The van der Waals surface area contributed by atoms with E-state index in [0.717, 1.165) is 27.4 Å². The molecule has 0 atom stereocenters. The van der Waals surface area contributed by atoms with Crippen LogP contribution < -0.4 is 0 Å². The molecular formula is C14H11ClN2O2. The third kappa shape index (κ3) is 1.76. The number of hydrogen-bond donors (Lipinski definition) is 2. The topological polar surface area (TPSA) is 66.0 Å². The Morgan fingerprint density at radius 3 is 2.89 bits per heavy atom. The van der Waals surface area contributed by atoms with E-state index >= 15 is 0 Å². The van der Waals surface area contributed by atoms with Crippen LogP contribution in [0.3, 0.4) is 0 Å². The van der Waals surface area contributed by atoms with E-state index in [1.165, 1.54) is 0 Å². The van der Waals surface area contributed by atoms with Crippen molar-refractivity contribution in [2.24, 2.45) is 0 Å². The van der Waals surface area contributed by atoms with Crippen LogP contribution in [0.25, 0.3) is 21.8 Å². The fraction of sp³-hybridized carbons (Fsp3) is 0.143. The lowest BCUT2D eigenvalue weighted by molar-refractivity contribution is 0.0689. The molecule has 5 heteroatoms. The number of carboxylic acid groups (broad SMARTS) is 1. The second kappa shape index (κ2) is 4.24. The molecular weight excluding hydrogens is 264 g/mol. The fourth-order valence-corrected chi connectivity index (χ4v) is 2.63. The Bertz CT molecular complexity index is 808. The van der Waals surface area contributed by atoms with Crippen molar-refractivity contribution in [3.8, 4) is 0 Å². The molecule has 96 valence electrons. The molecule has 0 aliphatic carbocycles. The summed E-state index contributed by atoms with van der Waals surface area (Å²) in [6.07, 6.45) is 2.16. The molecule has 0 aliphatic heterocycles. The van der Waals surface area contributed by atoms with Crippen LogP contribution in [-0.4, -0.2) is 21.0 Å². The zero-order chi connectivity index (χ0) is 13.6. The zero-order valence-electron chi connectivity index (χ0n) is 10.2. The average molecular weight is 275 g/mol. The van der Waals surface area contributed by atoms with Gasteiger partial charge in [0.25, 0.3) is 0 Å². The number of nitrogens with zero attached hydrogens (tertiary/aromatic N) is 1. The van der Waals surface area contributed by atoms with Gasteiger partial charge < -0.3 is 10.1 Å². The van der Waals surface area contributed by atoms with Crippen molar-refractivity contribution in [1.29, 1.82) is 0 Å². The molecule has 1 aromatic carbocycles. The van der Waals surface area contributed by atoms with Gasteiger partial charge in [-0.2, -0.15) is 0 Å². The van der Waals surface area contributed by atoms with E-state index in [1.807, 2.05) is 19.1 Å². The highest BCUT2D eigenvalue weighted by Gasteiger charge is 2.17. The third-order valence-corrected chi connectivity index (χ3v) is 3.49. The second-order valence-corrected chi connectivity index (χ2v) is 4.78. The van der Waals surface area contributed by atoms with Crippen LogP contribution >= 0.6 is 11.6 Å². The molecule has 0 aliphatic rings. The molecule has 0 radical (unpaired) electrons. The molecule has 3 aromatic rings. The summed E-state index contributed by atoms with van der Waals surface area (Å²) >= 11 is 6.03. The Balaban J connectivity index is 2.52. The quantitative estimate of drug-likeness (QED) is 0.750. The molecule has 2 aromatic heterocycles. The first-order valence-corrected chi connectivity index (χ1v) is 6.31. The van der Waals surface area contributed by atoms with Crippen LogP contribution in [-0.2, 0) is 6.42 Å². The number of carbonyl (C=O) groups is 1. The lowest BCUT2D eigenvalue weighted by atomic mass is 10.0. The van der Waals surface area contributed by atoms with Gasteiger partial charge in [0.2, 0.25) is 0 Å². The first kappa shape index (κ1) is 12.0. The number of aromatic amines is 1. The summed E-state index contributed by atoms with van der Waals surface area (Å²) < 4.78 is 0. The average Bonchev–Trinajstić information content (AvgIpc) is 2.75. The summed E-state index contributed by atoms with van der Waals surface area (Å²) in [6.45, 7) is 1.92. The Labute approximate surface area is 114 Å². The van der Waals surface area contributed by atoms with Crippen LogP contribution in [0, 0.1) is 0 Å². The lowest BCUT2D eigenvalue weighted by Crippen LogP contribution is -2.05. The third-order valence-electron chi connectivity index (χ3n) is 3.26. The number of halogens is 1. The lowest BCUT2D eigenvalue weighted by Gasteiger charge is -2.04. The molecule has 2 heterocycles. The van der Waals surface area contributed by atoms with Gasteiger partial charge in [-0.1, -0.05) is 18.5 Å². The predicted octanol–water partition coefficient (Wildman–Crippen LogP) is 3.63. The Hall–Kier alpha value is -2.07. The minimum absolute atomic E-state index is 0.107. The van der Waals surface area contributed by atoms with Crippen LogP contribution in [0.1, 0.15) is 23.0 Å². The molecule has 0 fully saturated rings. The van der Waals surface area contributed by atoms with Crippen LogP contribution in [0.5, 0.6) is 0 Å². The summed E-state index contributed by atoms with van der Waals surface area (Å²) in [5.41, 5.74) is 2.60. The molecule has 4 nitrogen and oxygen atoms in total. The van der Waals surface area contributed by atoms with Gasteiger partial charge in [0.1, 0.15) is 0 Å². The number of aryl methyl sites for hydroxylation is 1. The maximum Gasteiger partial charge on any atom is 0.354 e. The molecule has 0 unspecified atom stereocenters. The van der Waals surface area contributed by atoms with Crippen molar-refractivity contribution in [2.45, 2.75) is 13.3 Å². The molecule has 2 N–H and O–H groups in total. The number of hydrogen-bond acceptors (Lipinski definition) is 2. The van der Waals surface area contributed by atoms with Gasteiger partial charge in [-0.3, -0.25) is 0 Å². The van der Waals surface area contributed by atoms with E-state index in [0.29, 0.717) is 11.4 Å². The van der Waals surface area contributed by atoms with E-state index in [2.05, 4.69) is 9.97 Å². The fourth-order valence-electron chi connectivity index (χ4n) is 2.46. The molecule has 3 rings (SSSR count). The van der Waals surface area contributed by atoms with Crippen molar-refractivity contribution in [3.05, 3.63) is 40.7 Å². The first-order valence-electron chi connectivity index (χ1n) is 5.94. The van der Waals surface area contributed by atoms with Gasteiger partial charge in [0, 0.05) is 21.3 Å². The minimum Gasteiger partial charge on any atom is -0.477 e. The Morgan fingerprint density at radius 2 is 2.21 bits per heavy atom. The van der Waals surface area contributed by atoms with Crippen molar-refractivity contribution in [3.63, 3.8) is 0 Å². The number of carboxylic acids is 1. The van der Waals surface area contributed by atoms with E-state index in [9.17, 15) is 9.90 Å². The van der Waals surface area contributed by atoms with Crippen molar-refractivity contribution >= 4 is 39.4 Å². The molecule has 0 spiro atoms. The highest BCUT2D eigenvalue weighted by molar-refractivity contribution is 6.32. The van der Waals surface area contributed by atoms with Gasteiger partial charge in [-0.05, 0) is 30.2 Å². The number of benzene rings is 1. The molecule has 0 amide bonds. The van der Waals surface area contributed by atoms with E-state index in [-0.39, 0.29) is 5.69 Å². The number of pyridine rings is 1. The maximum atomic E-state index is 11.3. The SMILES string of the molecule is CCc1c(C(=O)O)ncc2[nH]c3ccc(Cl)cc3c12. The highest BCUT2D eigenvalue weighted by Crippen LogP contribution is 2.31. The summed E-state index contributed by atoms with van der Waals surface area (Å²) in [7, 11) is 0. The zero-order valence-corrected chi connectivity index (χ0v) is 11.0. The standard InChI is InChI=1S/C14H11ClN2O2/c1-2-8-12-9-5-7(15)3-4-10(9)17-11(12)6-16-13(8)14(18)19/h3-6,17H,2H2,1H3,(H,18,19). The number of H-pyrrole nitrogens is 1. The second-order valence-electron chi connectivity index (χ2n) is 4.35. The highest BCUT2D eigenvalue weighted by atomic mass is 35.5. The van der Waals surface area contributed by atoms with Crippen LogP contribution in [0.15, 0.2) is 24.4 Å². The summed E-state index contributed by atoms with van der Waals surface area (Å²) in [6, 6.07) is 5.54. The van der Waals surface area contributed by atoms with E-state index < -0.39 is 5.97 Å². The van der Waals surface area contributed by atoms with E-state index in [1.54, 1.807) is 12.3 Å². The Morgan fingerprint density at radius 1 is 1.42 bits per heavy atom. The number of aromatic nitrogens is 2. The minimum atomic E-state index is -1.00. The summed E-state index contributed by atoms with van der Waals surface area (Å²) in [4.78, 5) is 18.5. The summed E-state index contributed by atoms with van der Waals surface area (Å²) in [5, 5.41) is 11.7. The van der Waals surface area contributed by atoms with Gasteiger partial charge in [0.05, 0.1) is 11.7 Å². The van der Waals surface area contributed by atoms with Gasteiger partial charge in [0.15, 0.2) is 5.69 Å². The predicted molar refractivity (Wildman–Crippen MR) is 74.9 cm³/mol. The number of nitrogens with one attached hydrogen (secondary N) is 1. The van der Waals surface area contributed by atoms with Gasteiger partial charge in [-0.15, -0.1) is 0 Å². The molecule has 19 heavy (non-hydrogen) atoms. The van der Waals surface area contributed by atoms with Crippen molar-refractivity contribution in [1.82, 2.24) is 9.97 Å². The van der Waals surface area contributed by atoms with Crippen LogP contribution in [0.2, 0.25) is 5.02 Å².